The van der Waals surface area contributed by atoms with E-state index in [1.807, 2.05) is 55.5 Å². The highest BCUT2D eigenvalue weighted by Crippen LogP contribution is 2.43. The maximum Gasteiger partial charge on any atom is 0.143 e. The third-order valence-corrected chi connectivity index (χ3v) is 6.60. The van der Waals surface area contributed by atoms with E-state index in [0.717, 1.165) is 39.8 Å². The van der Waals surface area contributed by atoms with Gasteiger partial charge in [-0.25, -0.2) is 0 Å². The van der Waals surface area contributed by atoms with Crippen molar-refractivity contribution in [1.82, 2.24) is 4.90 Å². The minimum atomic E-state index is 0.214. The summed E-state index contributed by atoms with van der Waals surface area (Å²) in [5.41, 5.74) is 2.91. The van der Waals surface area contributed by atoms with Gasteiger partial charge in [0.05, 0.1) is 0 Å². The maximum atomic E-state index is 10.0. The van der Waals surface area contributed by atoms with Crippen molar-refractivity contribution in [2.45, 2.75) is 26.2 Å². The molecular weight excluding hydrogens is 438 g/mol. The van der Waals surface area contributed by atoms with Crippen LogP contribution in [0.5, 0.6) is 28.7 Å². The summed E-state index contributed by atoms with van der Waals surface area (Å²) in [6.45, 7) is 5.99. The van der Waals surface area contributed by atoms with Crippen molar-refractivity contribution in [2.75, 3.05) is 26.2 Å². The zero-order chi connectivity index (χ0) is 24.2. The third-order valence-electron chi connectivity index (χ3n) is 6.60. The van der Waals surface area contributed by atoms with Crippen LogP contribution in [0.1, 0.15) is 24.8 Å². The Bertz CT molecular complexity index is 1290. The molecule has 0 bridgehead atoms. The van der Waals surface area contributed by atoms with E-state index >= 15 is 0 Å². The lowest BCUT2D eigenvalue weighted by atomic mass is 9.94. The molecular formula is C30H31NO4. The average molecular weight is 470 g/mol. The summed E-state index contributed by atoms with van der Waals surface area (Å²) in [5, 5.41) is 21.6. The molecule has 1 aliphatic rings. The average Bonchev–Trinajstić information content (AvgIpc) is 2.86. The number of fused-ring (bicyclic) bond motifs is 1. The van der Waals surface area contributed by atoms with Crippen molar-refractivity contribution in [2.24, 2.45) is 0 Å². The number of rotatable bonds is 7. The number of nitrogens with zero attached hydrogens (tertiary/aromatic N) is 1. The Morgan fingerprint density at radius 3 is 2.20 bits per heavy atom. The lowest BCUT2D eigenvalue weighted by Gasteiger charge is -2.26. The van der Waals surface area contributed by atoms with Crippen LogP contribution in [-0.2, 0) is 0 Å². The largest absolute Gasteiger partial charge is 0.508 e. The lowest BCUT2D eigenvalue weighted by molar-refractivity contribution is 0.183. The van der Waals surface area contributed by atoms with E-state index < -0.39 is 0 Å². The van der Waals surface area contributed by atoms with Crippen LogP contribution >= 0.6 is 0 Å². The number of phenolic OH excluding ortho intramolecular Hbond substituents is 2. The number of phenols is 2. The molecule has 0 aliphatic carbocycles. The number of hydrogen-bond donors (Lipinski definition) is 2. The van der Waals surface area contributed by atoms with Gasteiger partial charge in [-0.3, -0.25) is 4.90 Å². The summed E-state index contributed by atoms with van der Waals surface area (Å²) in [4.78, 5) is 2.46. The molecule has 1 aliphatic heterocycles. The summed E-state index contributed by atoms with van der Waals surface area (Å²) in [6, 6.07) is 22.2. The number of likely N-dealkylation sites (tertiary alicyclic amines) is 1. The molecule has 180 valence electrons. The first kappa shape index (κ1) is 23.1. The monoisotopic (exact) mass is 469 g/mol. The molecule has 2 N–H and O–H groups in total. The van der Waals surface area contributed by atoms with Gasteiger partial charge in [-0.15, -0.1) is 0 Å². The maximum absolute atomic E-state index is 10.0. The number of ether oxygens (including phenoxy) is 2. The molecule has 35 heavy (non-hydrogen) atoms. The van der Waals surface area contributed by atoms with E-state index in [-0.39, 0.29) is 11.5 Å². The van der Waals surface area contributed by atoms with Crippen molar-refractivity contribution >= 4 is 10.8 Å². The Morgan fingerprint density at radius 1 is 0.771 bits per heavy atom. The number of piperidine rings is 1. The Kier molecular flexibility index (Phi) is 6.77. The van der Waals surface area contributed by atoms with Crippen molar-refractivity contribution < 1.29 is 19.7 Å². The first-order chi connectivity index (χ1) is 17.1. The summed E-state index contributed by atoms with van der Waals surface area (Å²) in [6.07, 6.45) is 3.90. The van der Waals surface area contributed by atoms with Gasteiger partial charge in [-0.1, -0.05) is 24.6 Å². The van der Waals surface area contributed by atoms with Crippen molar-refractivity contribution in [3.05, 3.63) is 78.4 Å². The van der Waals surface area contributed by atoms with E-state index in [4.69, 9.17) is 9.47 Å². The highest BCUT2D eigenvalue weighted by Gasteiger charge is 2.16. The second-order valence-corrected chi connectivity index (χ2v) is 9.17. The fourth-order valence-corrected chi connectivity index (χ4v) is 4.79. The van der Waals surface area contributed by atoms with Gasteiger partial charge in [0.1, 0.15) is 35.4 Å². The molecule has 0 atom stereocenters. The standard InChI is InChI=1S/C30H31NO4/c1-21-19-23-20-25(33)9-14-28(23)30(29(21)22-5-7-24(32)8-6-22)35-27-12-10-26(11-13-27)34-18-17-31-15-3-2-4-16-31/h5-14,19-20,32-33H,2-4,15-18H2,1H3. The molecule has 5 nitrogen and oxygen atoms in total. The van der Waals surface area contributed by atoms with Gasteiger partial charge in [0.15, 0.2) is 0 Å². The molecule has 4 aromatic rings. The van der Waals surface area contributed by atoms with Gasteiger partial charge >= 0.3 is 0 Å². The first-order valence-electron chi connectivity index (χ1n) is 12.3. The molecule has 0 spiro atoms. The normalized spacial score (nSPS) is 14.2. The number of aromatic hydroxyl groups is 2. The van der Waals surface area contributed by atoms with Gasteiger partial charge in [0.2, 0.25) is 0 Å². The summed E-state index contributed by atoms with van der Waals surface area (Å²) < 4.78 is 12.4. The molecule has 0 aromatic heterocycles. The van der Waals surface area contributed by atoms with Crippen LogP contribution in [0, 0.1) is 6.92 Å². The zero-order valence-electron chi connectivity index (χ0n) is 20.0. The lowest BCUT2D eigenvalue weighted by Crippen LogP contribution is -2.33. The van der Waals surface area contributed by atoms with Gasteiger partial charge in [0.25, 0.3) is 0 Å². The summed E-state index contributed by atoms with van der Waals surface area (Å²) in [7, 11) is 0. The van der Waals surface area contributed by atoms with Crippen LogP contribution in [0.4, 0.5) is 0 Å². The second kappa shape index (κ2) is 10.3. The summed E-state index contributed by atoms with van der Waals surface area (Å²) in [5.74, 6) is 2.67. The van der Waals surface area contributed by atoms with Crippen LogP contribution in [0.3, 0.4) is 0 Å². The summed E-state index contributed by atoms with van der Waals surface area (Å²) >= 11 is 0. The Balaban J connectivity index is 1.40. The molecule has 1 fully saturated rings. The molecule has 5 rings (SSSR count). The van der Waals surface area contributed by atoms with E-state index in [1.54, 1.807) is 24.3 Å². The molecule has 5 heteroatoms. The van der Waals surface area contributed by atoms with Crippen LogP contribution in [0.2, 0.25) is 0 Å². The quantitative estimate of drug-likeness (QED) is 0.309. The van der Waals surface area contributed by atoms with E-state index in [1.165, 1.54) is 32.4 Å². The van der Waals surface area contributed by atoms with Crippen LogP contribution < -0.4 is 9.47 Å². The van der Waals surface area contributed by atoms with Gasteiger partial charge in [-0.2, -0.15) is 0 Å². The topological polar surface area (TPSA) is 62.2 Å². The fourth-order valence-electron chi connectivity index (χ4n) is 4.79. The molecule has 0 amide bonds. The predicted octanol–water partition coefficient (Wildman–Crippen LogP) is 6.88. The minimum Gasteiger partial charge on any atom is -0.508 e. The number of hydrogen-bond acceptors (Lipinski definition) is 5. The van der Waals surface area contributed by atoms with E-state index in [0.29, 0.717) is 18.1 Å². The first-order valence-corrected chi connectivity index (χ1v) is 12.3. The number of aryl methyl sites for hydroxylation is 1. The molecule has 1 heterocycles. The Hall–Kier alpha value is -3.70. The van der Waals surface area contributed by atoms with Crippen LogP contribution in [0.25, 0.3) is 21.9 Å². The smallest absolute Gasteiger partial charge is 0.143 e. The zero-order valence-corrected chi connectivity index (χ0v) is 20.0. The molecule has 0 saturated carbocycles. The second-order valence-electron chi connectivity index (χ2n) is 9.17. The Morgan fingerprint density at radius 2 is 1.46 bits per heavy atom. The van der Waals surface area contributed by atoms with Gasteiger partial charge in [-0.05, 0) is 104 Å². The molecule has 4 aromatic carbocycles. The fraction of sp³-hybridized carbons (Fsp3) is 0.267. The third kappa shape index (κ3) is 5.36. The highest BCUT2D eigenvalue weighted by atomic mass is 16.5. The van der Waals surface area contributed by atoms with Crippen molar-refractivity contribution in [3.8, 4) is 39.9 Å². The SMILES string of the molecule is Cc1cc2cc(O)ccc2c(Oc2ccc(OCCN3CCCCC3)cc2)c1-c1ccc(O)cc1. The van der Waals surface area contributed by atoms with Crippen LogP contribution in [-0.4, -0.2) is 41.4 Å². The van der Waals surface area contributed by atoms with E-state index in [2.05, 4.69) is 4.90 Å². The molecule has 1 saturated heterocycles. The molecule has 0 unspecified atom stereocenters. The van der Waals surface area contributed by atoms with Crippen molar-refractivity contribution in [3.63, 3.8) is 0 Å². The van der Waals surface area contributed by atoms with E-state index in [9.17, 15) is 10.2 Å². The number of benzene rings is 4. The minimum absolute atomic E-state index is 0.214. The van der Waals surface area contributed by atoms with Gasteiger partial charge < -0.3 is 19.7 Å². The van der Waals surface area contributed by atoms with Gasteiger partial charge in [0, 0.05) is 17.5 Å². The Labute approximate surface area is 206 Å². The highest BCUT2D eigenvalue weighted by molar-refractivity contribution is 5.97. The molecule has 0 radical (unpaired) electrons. The van der Waals surface area contributed by atoms with Crippen molar-refractivity contribution in [1.29, 1.82) is 0 Å². The predicted molar refractivity (Wildman–Crippen MR) is 140 cm³/mol. The van der Waals surface area contributed by atoms with Crippen LogP contribution in [0.15, 0.2) is 72.8 Å².